The molecule has 1 saturated heterocycles. The van der Waals surface area contributed by atoms with Crippen LogP contribution in [0.5, 0.6) is 0 Å². The molecule has 0 aliphatic carbocycles. The first kappa shape index (κ1) is 16.7. The third kappa shape index (κ3) is 5.65. The molecular weight excluding hydrogens is 282 g/mol. The monoisotopic (exact) mass is 305 g/mol. The maximum Gasteiger partial charge on any atom is 0.328 e. The van der Waals surface area contributed by atoms with E-state index in [-0.39, 0.29) is 11.9 Å². The van der Waals surface area contributed by atoms with Crippen molar-refractivity contribution >= 4 is 33.5 Å². The predicted octanol–water partition coefficient (Wildman–Crippen LogP) is 2.72. The number of amides is 1. The third-order valence-corrected chi connectivity index (χ3v) is 6.42. The van der Waals surface area contributed by atoms with Crippen LogP contribution in [0.1, 0.15) is 39.0 Å². The lowest BCUT2D eigenvalue weighted by Gasteiger charge is -2.22. The Balaban J connectivity index is 2.17. The molecule has 0 N–H and O–H groups in total. The van der Waals surface area contributed by atoms with Crippen LogP contribution in [0, 0.1) is 0 Å². The maximum atomic E-state index is 11.9. The van der Waals surface area contributed by atoms with Gasteiger partial charge in [0.25, 0.3) is 0 Å². The Bertz CT molecular complexity index is 306. The first-order valence-corrected chi connectivity index (χ1v) is 9.06. The topological polar surface area (TPSA) is 46.6 Å². The van der Waals surface area contributed by atoms with Gasteiger partial charge in [0.2, 0.25) is 5.91 Å². The first-order valence-electron chi connectivity index (χ1n) is 6.68. The minimum atomic E-state index is -0.501. The molecule has 0 bridgehead atoms. The average Bonchev–Trinajstić information content (AvgIpc) is 2.93. The largest absolute Gasteiger partial charge is 0.467 e. The van der Waals surface area contributed by atoms with Crippen molar-refractivity contribution in [3.8, 4) is 0 Å². The molecular formula is C13H23NO3S2. The molecule has 4 nitrogen and oxygen atoms in total. The van der Waals surface area contributed by atoms with Gasteiger partial charge in [-0.1, -0.05) is 28.0 Å². The van der Waals surface area contributed by atoms with Crippen LogP contribution in [0.3, 0.4) is 0 Å². The first-order chi connectivity index (χ1) is 9.06. The number of hydrogen-bond donors (Lipinski definition) is 0. The number of nitrogens with zero attached hydrogens (tertiary/aromatic N) is 1. The normalized spacial score (nSPS) is 20.1. The fraction of sp³-hybridized carbons (Fsp3) is 0.846. The summed E-state index contributed by atoms with van der Waals surface area (Å²) < 4.78 is 4.64. The van der Waals surface area contributed by atoms with Crippen LogP contribution in [0.25, 0.3) is 0 Å². The van der Waals surface area contributed by atoms with E-state index in [1.54, 1.807) is 14.0 Å². The SMILES string of the molecule is COC(=O)[C@H](C)N(C)C(=O)CCCC[C@@H]1CCSS1. The number of hydrogen-bond acceptors (Lipinski definition) is 5. The predicted molar refractivity (Wildman–Crippen MR) is 81.2 cm³/mol. The van der Waals surface area contributed by atoms with E-state index in [0.717, 1.165) is 18.1 Å². The summed E-state index contributed by atoms with van der Waals surface area (Å²) in [7, 11) is 6.93. The van der Waals surface area contributed by atoms with Gasteiger partial charge in [-0.15, -0.1) is 0 Å². The molecule has 2 atom stereocenters. The molecule has 1 fully saturated rings. The van der Waals surface area contributed by atoms with Gasteiger partial charge in [0, 0.05) is 24.5 Å². The zero-order chi connectivity index (χ0) is 14.3. The summed E-state index contributed by atoms with van der Waals surface area (Å²) in [6.07, 6.45) is 5.00. The number of rotatable bonds is 7. The Kier molecular flexibility index (Phi) is 7.68. The van der Waals surface area contributed by atoms with Gasteiger partial charge in [0.15, 0.2) is 0 Å². The van der Waals surface area contributed by atoms with Crippen molar-refractivity contribution in [3.05, 3.63) is 0 Å². The molecule has 0 aromatic rings. The number of methoxy groups -OCH3 is 1. The molecule has 110 valence electrons. The Labute approximate surface area is 123 Å². The summed E-state index contributed by atoms with van der Waals surface area (Å²) in [6.45, 7) is 1.69. The minimum absolute atomic E-state index is 0.0198. The van der Waals surface area contributed by atoms with Gasteiger partial charge < -0.3 is 9.64 Å². The molecule has 0 aromatic carbocycles. The minimum Gasteiger partial charge on any atom is -0.467 e. The highest BCUT2D eigenvalue weighted by atomic mass is 33.1. The standard InChI is InChI=1S/C13H23NO3S2/c1-10(13(16)17-3)14(2)12(15)7-5-4-6-11-8-9-18-19-11/h10-11H,4-9H2,1-3H3/t10-,11+/m0/s1. The second kappa shape index (κ2) is 8.74. The van der Waals surface area contributed by atoms with E-state index < -0.39 is 6.04 Å². The maximum absolute atomic E-state index is 11.9. The Morgan fingerprint density at radius 3 is 2.74 bits per heavy atom. The summed E-state index contributed by atoms with van der Waals surface area (Å²) >= 11 is 0. The van der Waals surface area contributed by atoms with E-state index in [4.69, 9.17) is 0 Å². The fourth-order valence-corrected chi connectivity index (χ4v) is 4.96. The van der Waals surface area contributed by atoms with E-state index in [0.29, 0.717) is 6.42 Å². The van der Waals surface area contributed by atoms with Crippen molar-refractivity contribution in [2.24, 2.45) is 0 Å². The van der Waals surface area contributed by atoms with Crippen LogP contribution in [-0.2, 0) is 14.3 Å². The molecule has 0 aromatic heterocycles. The van der Waals surface area contributed by atoms with Crippen LogP contribution >= 0.6 is 21.6 Å². The number of carbonyl (C=O) groups is 2. The molecule has 0 unspecified atom stereocenters. The summed E-state index contributed by atoms with van der Waals surface area (Å²) in [4.78, 5) is 24.7. The van der Waals surface area contributed by atoms with Gasteiger partial charge in [-0.2, -0.15) is 0 Å². The van der Waals surface area contributed by atoms with Crippen molar-refractivity contribution in [3.63, 3.8) is 0 Å². The number of ether oxygens (including phenoxy) is 1. The number of unbranched alkanes of at least 4 members (excludes halogenated alkanes) is 1. The van der Waals surface area contributed by atoms with Crippen LogP contribution in [0.15, 0.2) is 0 Å². The van der Waals surface area contributed by atoms with Crippen molar-refractivity contribution in [1.82, 2.24) is 4.90 Å². The lowest BCUT2D eigenvalue weighted by molar-refractivity contribution is -0.151. The van der Waals surface area contributed by atoms with Crippen LogP contribution in [-0.4, -0.2) is 48.0 Å². The summed E-state index contributed by atoms with van der Waals surface area (Å²) in [5.41, 5.74) is 0. The number of esters is 1. The lowest BCUT2D eigenvalue weighted by atomic mass is 10.1. The molecule has 1 rings (SSSR count). The van der Waals surface area contributed by atoms with Crippen LogP contribution in [0.2, 0.25) is 0 Å². The average molecular weight is 305 g/mol. The quantitative estimate of drug-likeness (QED) is 0.411. The molecule has 1 amide bonds. The highest BCUT2D eigenvalue weighted by Gasteiger charge is 2.22. The molecule has 0 radical (unpaired) electrons. The highest BCUT2D eigenvalue weighted by Crippen LogP contribution is 2.39. The zero-order valence-corrected chi connectivity index (χ0v) is 13.5. The summed E-state index contributed by atoms with van der Waals surface area (Å²) in [5.74, 6) is 0.912. The number of carbonyl (C=O) groups excluding carboxylic acids is 2. The second-order valence-electron chi connectivity index (χ2n) is 4.78. The van der Waals surface area contributed by atoms with Gasteiger partial charge >= 0.3 is 5.97 Å². The van der Waals surface area contributed by atoms with Crippen molar-refractivity contribution in [2.75, 3.05) is 19.9 Å². The van der Waals surface area contributed by atoms with Crippen LogP contribution < -0.4 is 0 Å². The molecule has 0 saturated carbocycles. The lowest BCUT2D eigenvalue weighted by Crippen LogP contribution is -2.40. The molecule has 0 spiro atoms. The number of likely N-dealkylation sites (N-methyl/N-ethyl adjacent to an activating group) is 1. The zero-order valence-electron chi connectivity index (χ0n) is 11.9. The van der Waals surface area contributed by atoms with Gasteiger partial charge in [-0.25, -0.2) is 4.79 Å². The van der Waals surface area contributed by atoms with Crippen molar-refractivity contribution in [1.29, 1.82) is 0 Å². The van der Waals surface area contributed by atoms with Crippen LogP contribution in [0.4, 0.5) is 0 Å². The second-order valence-corrected chi connectivity index (χ2v) is 7.57. The fourth-order valence-electron chi connectivity index (χ4n) is 1.93. The summed E-state index contributed by atoms with van der Waals surface area (Å²) in [6, 6.07) is -0.501. The van der Waals surface area contributed by atoms with Crippen molar-refractivity contribution in [2.45, 2.75) is 50.3 Å². The molecule has 6 heteroatoms. The summed E-state index contributed by atoms with van der Waals surface area (Å²) in [5, 5.41) is 0.770. The van der Waals surface area contributed by atoms with Gasteiger partial charge in [-0.3, -0.25) is 4.79 Å². The van der Waals surface area contributed by atoms with E-state index in [1.807, 2.05) is 21.6 Å². The smallest absolute Gasteiger partial charge is 0.328 e. The highest BCUT2D eigenvalue weighted by molar-refractivity contribution is 8.77. The Morgan fingerprint density at radius 2 is 2.16 bits per heavy atom. The molecule has 1 heterocycles. The van der Waals surface area contributed by atoms with Gasteiger partial charge in [0.1, 0.15) is 6.04 Å². The third-order valence-electron chi connectivity index (χ3n) is 3.41. The van der Waals surface area contributed by atoms with Gasteiger partial charge in [-0.05, 0) is 26.2 Å². The van der Waals surface area contributed by atoms with Crippen molar-refractivity contribution < 1.29 is 14.3 Å². The van der Waals surface area contributed by atoms with E-state index in [2.05, 4.69) is 4.74 Å². The van der Waals surface area contributed by atoms with Gasteiger partial charge in [0.05, 0.1) is 7.11 Å². The molecule has 19 heavy (non-hydrogen) atoms. The Morgan fingerprint density at radius 1 is 1.42 bits per heavy atom. The van der Waals surface area contributed by atoms with E-state index in [9.17, 15) is 9.59 Å². The van der Waals surface area contributed by atoms with E-state index >= 15 is 0 Å². The van der Waals surface area contributed by atoms with E-state index in [1.165, 1.54) is 30.6 Å². The molecule has 1 aliphatic rings. The molecule has 1 aliphatic heterocycles. The Hall–Kier alpha value is -0.360.